The normalized spacial score (nSPS) is 10.3. The van der Waals surface area contributed by atoms with E-state index in [-0.39, 0.29) is 25.8 Å². The van der Waals surface area contributed by atoms with Gasteiger partial charge in [-0.25, -0.2) is 0 Å². The second kappa shape index (κ2) is 13.3. The molecule has 0 aromatic heterocycles. The van der Waals surface area contributed by atoms with Crippen molar-refractivity contribution in [2.24, 2.45) is 0 Å². The Morgan fingerprint density at radius 2 is 0.679 bits per heavy atom. The molecule has 0 bridgehead atoms. The number of rotatable bonds is 2. The molecular formula is C24H44NScSi2. The minimum Gasteiger partial charge on any atom is -0.672 e. The second-order valence-corrected chi connectivity index (χ2v) is 14.2. The Morgan fingerprint density at radius 1 is 0.500 bits per heavy atom. The van der Waals surface area contributed by atoms with Gasteiger partial charge in [-0.3, -0.25) is 0 Å². The summed E-state index contributed by atoms with van der Waals surface area (Å²) in [7, 11) is -1.08. The molecule has 2 aromatic carbocycles. The van der Waals surface area contributed by atoms with E-state index in [9.17, 15) is 0 Å². The van der Waals surface area contributed by atoms with Crippen LogP contribution in [0.25, 0.3) is 4.65 Å². The monoisotopic (exact) mass is 447 g/mol. The number of nitrogens with zero attached hydrogens (tertiary/aromatic N) is 1. The smallest absolute Gasteiger partial charge is 0.672 e. The maximum atomic E-state index is 4.56. The molecule has 0 saturated heterocycles. The SMILES string of the molecule is C[SiH](C)[N-][SiH](C)C.Cc1c(C)c(C)[c-](C)c1C.Cc1c(C)c(C)[c-](C)c1C.[Sc+3]. The fourth-order valence-electron chi connectivity index (χ4n) is 3.41. The summed E-state index contributed by atoms with van der Waals surface area (Å²) in [6.45, 7) is 31.1. The molecule has 0 amide bonds. The summed E-state index contributed by atoms with van der Waals surface area (Å²) in [5, 5.41) is 0. The largest absolute Gasteiger partial charge is 3.00 e. The molecule has 0 aliphatic heterocycles. The van der Waals surface area contributed by atoms with Gasteiger partial charge in [-0.15, -0.1) is 0 Å². The molecule has 156 valence electrons. The maximum absolute atomic E-state index is 4.56. The van der Waals surface area contributed by atoms with Gasteiger partial charge in [0, 0.05) is 0 Å². The van der Waals surface area contributed by atoms with Gasteiger partial charge in [0.1, 0.15) is 0 Å². The van der Waals surface area contributed by atoms with E-state index in [1.54, 1.807) is 0 Å². The predicted octanol–water partition coefficient (Wildman–Crippen LogP) is 7.22. The van der Waals surface area contributed by atoms with Gasteiger partial charge in [0.2, 0.25) is 0 Å². The Balaban J connectivity index is 0. The zero-order valence-electron chi connectivity index (χ0n) is 21.2. The van der Waals surface area contributed by atoms with Crippen molar-refractivity contribution in [3.63, 3.8) is 0 Å². The van der Waals surface area contributed by atoms with Crippen LogP contribution in [-0.4, -0.2) is 17.9 Å². The van der Waals surface area contributed by atoms with Gasteiger partial charge < -0.3 is 4.65 Å². The summed E-state index contributed by atoms with van der Waals surface area (Å²) in [6, 6.07) is 0. The van der Waals surface area contributed by atoms with Crippen molar-refractivity contribution < 1.29 is 25.8 Å². The zero-order chi connectivity index (χ0) is 21.6. The predicted molar refractivity (Wildman–Crippen MR) is 133 cm³/mol. The molecule has 2 rings (SSSR count). The van der Waals surface area contributed by atoms with Crippen molar-refractivity contribution in [1.82, 2.24) is 0 Å². The van der Waals surface area contributed by atoms with Crippen molar-refractivity contribution in [1.29, 1.82) is 0 Å². The molecule has 0 heterocycles. The first-order valence-corrected chi connectivity index (χ1v) is 16.0. The molecule has 0 unspecified atom stereocenters. The van der Waals surface area contributed by atoms with Gasteiger partial charge in [-0.2, -0.15) is 55.6 Å². The van der Waals surface area contributed by atoms with E-state index in [0.717, 1.165) is 0 Å². The van der Waals surface area contributed by atoms with Crippen LogP contribution in [0.3, 0.4) is 0 Å². The average Bonchev–Trinajstić information content (AvgIpc) is 2.85. The van der Waals surface area contributed by atoms with E-state index >= 15 is 0 Å². The van der Waals surface area contributed by atoms with E-state index < -0.39 is 17.9 Å². The molecule has 0 aliphatic carbocycles. The summed E-state index contributed by atoms with van der Waals surface area (Å²) < 4.78 is 4.56. The molecule has 4 heteroatoms. The summed E-state index contributed by atoms with van der Waals surface area (Å²) >= 11 is 0. The maximum Gasteiger partial charge on any atom is 3.00 e. The summed E-state index contributed by atoms with van der Waals surface area (Å²) in [4.78, 5) is 0. The minimum atomic E-state index is -0.542. The fraction of sp³-hybridized carbons (Fsp3) is 0.583. The van der Waals surface area contributed by atoms with Gasteiger partial charge in [-0.1, -0.05) is 113 Å². The van der Waals surface area contributed by atoms with Crippen LogP contribution in [0.4, 0.5) is 0 Å². The van der Waals surface area contributed by atoms with Crippen molar-refractivity contribution in [2.45, 2.75) is 95.4 Å². The van der Waals surface area contributed by atoms with Crippen molar-refractivity contribution in [3.05, 3.63) is 60.3 Å². The first kappa shape index (κ1) is 30.2. The molecule has 2 aromatic rings. The standard InChI is InChI=1S/2C10H15.C4H14NSi2.Sc/c2*1-6-7(2)9(4)10(5)8(6)3;1-6(2)5-7(3)4;/h2*1-5H3;6-7H,1-4H3;/q3*-1;+3. The Bertz CT molecular complexity index is 514. The molecule has 0 aliphatic rings. The third-order valence-electron chi connectivity index (χ3n) is 6.22. The van der Waals surface area contributed by atoms with Crippen LogP contribution in [0.15, 0.2) is 0 Å². The van der Waals surface area contributed by atoms with Crippen molar-refractivity contribution in [3.8, 4) is 0 Å². The molecule has 0 fully saturated rings. The molecule has 0 radical (unpaired) electrons. The summed E-state index contributed by atoms with van der Waals surface area (Å²) in [5.41, 5.74) is 14.7. The van der Waals surface area contributed by atoms with Crippen LogP contribution < -0.4 is 0 Å². The fourth-order valence-corrected chi connectivity index (χ4v) is 8.18. The van der Waals surface area contributed by atoms with E-state index in [0.29, 0.717) is 0 Å². The van der Waals surface area contributed by atoms with Crippen molar-refractivity contribution in [2.75, 3.05) is 0 Å². The summed E-state index contributed by atoms with van der Waals surface area (Å²) in [5.74, 6) is 0. The number of hydrogen-bond donors (Lipinski definition) is 0. The van der Waals surface area contributed by atoms with Crippen LogP contribution >= 0.6 is 0 Å². The molecule has 0 atom stereocenters. The van der Waals surface area contributed by atoms with E-state index in [4.69, 9.17) is 0 Å². The van der Waals surface area contributed by atoms with Gasteiger partial charge in [0.25, 0.3) is 0 Å². The summed E-state index contributed by atoms with van der Waals surface area (Å²) in [6.07, 6.45) is 0. The molecular weight excluding hydrogens is 403 g/mol. The zero-order valence-corrected chi connectivity index (χ0v) is 25.3. The molecule has 0 saturated carbocycles. The first-order chi connectivity index (χ1) is 12.2. The molecule has 0 spiro atoms. The van der Waals surface area contributed by atoms with Gasteiger partial charge in [-0.05, 0) is 0 Å². The second-order valence-electron chi connectivity index (χ2n) is 8.59. The number of hydrogen-bond acceptors (Lipinski definition) is 0. The molecule has 1 nitrogen and oxygen atoms in total. The van der Waals surface area contributed by atoms with E-state index in [2.05, 4.69) is 100 Å². The van der Waals surface area contributed by atoms with Crippen LogP contribution in [0.2, 0.25) is 26.2 Å². The Hall–Kier alpha value is -0.0361. The van der Waals surface area contributed by atoms with Crippen LogP contribution in [-0.2, 0) is 25.8 Å². The minimum absolute atomic E-state index is 0. The van der Waals surface area contributed by atoms with Crippen molar-refractivity contribution >= 4 is 17.9 Å². The molecule has 0 N–H and O–H groups in total. The van der Waals surface area contributed by atoms with Gasteiger partial charge >= 0.3 is 25.8 Å². The average molecular weight is 448 g/mol. The quantitative estimate of drug-likeness (QED) is 0.341. The Morgan fingerprint density at radius 3 is 0.714 bits per heavy atom. The van der Waals surface area contributed by atoms with Crippen LogP contribution in [0.1, 0.15) is 55.6 Å². The molecule has 28 heavy (non-hydrogen) atoms. The van der Waals surface area contributed by atoms with E-state index in [1.807, 2.05) is 0 Å². The van der Waals surface area contributed by atoms with Gasteiger partial charge in [0.15, 0.2) is 0 Å². The first-order valence-electron chi connectivity index (χ1n) is 10.3. The van der Waals surface area contributed by atoms with Crippen LogP contribution in [0.5, 0.6) is 0 Å². The third-order valence-corrected chi connectivity index (χ3v) is 11.0. The van der Waals surface area contributed by atoms with Gasteiger partial charge in [0.05, 0.1) is 0 Å². The topological polar surface area (TPSA) is 14.1 Å². The van der Waals surface area contributed by atoms with Crippen LogP contribution in [0, 0.1) is 69.2 Å². The third kappa shape index (κ3) is 8.37. The van der Waals surface area contributed by atoms with E-state index in [1.165, 1.54) is 55.6 Å². The Labute approximate surface area is 198 Å². The Kier molecular flexibility index (Phi) is 14.3.